The summed E-state index contributed by atoms with van der Waals surface area (Å²) >= 11 is -0.470. The molecule has 1 unspecified atom stereocenters. The van der Waals surface area contributed by atoms with Crippen molar-refractivity contribution >= 4 is 44.2 Å². The fraction of sp³-hybridized carbons (Fsp3) is 0.222. The van der Waals surface area contributed by atoms with Crippen molar-refractivity contribution in [3.63, 3.8) is 0 Å². The molecule has 7 heteroatoms. The molecule has 0 aliphatic heterocycles. The van der Waals surface area contributed by atoms with E-state index in [4.69, 9.17) is 4.98 Å². The van der Waals surface area contributed by atoms with Crippen LogP contribution in [-0.2, 0) is 23.9 Å². The zero-order valence-electron chi connectivity index (χ0n) is 13.3. The molecule has 1 aromatic carbocycles. The first-order valence-electron chi connectivity index (χ1n) is 8.19. The molecular weight excluding hydrogens is 354 g/mol. The monoisotopic (exact) mass is 369 g/mol. The van der Waals surface area contributed by atoms with Gasteiger partial charge in [-0.3, -0.25) is 5.10 Å². The minimum Gasteiger partial charge on any atom is -0.302 e. The van der Waals surface area contributed by atoms with Crippen molar-refractivity contribution < 1.29 is 8.76 Å². The fourth-order valence-electron chi connectivity index (χ4n) is 3.79. The number of hydrogen-bond acceptors (Lipinski definition) is 4. The molecule has 3 heterocycles. The molecule has 1 aliphatic carbocycles. The zero-order chi connectivity index (χ0) is 17.0. The molecule has 2 N–H and O–H groups in total. The summed E-state index contributed by atoms with van der Waals surface area (Å²) in [6.07, 6.45) is 6.24. The van der Waals surface area contributed by atoms with Crippen LogP contribution in [0.3, 0.4) is 0 Å². The maximum absolute atomic E-state index is 11.4. The fourth-order valence-corrected chi connectivity index (χ4v) is 5.34. The van der Waals surface area contributed by atoms with Crippen LogP contribution in [0, 0.1) is 0 Å². The molecule has 4 aromatic rings. The van der Waals surface area contributed by atoms with Gasteiger partial charge in [0.25, 0.3) is 0 Å². The van der Waals surface area contributed by atoms with Gasteiger partial charge in [0.1, 0.15) is 0 Å². The normalized spacial score (nSPS) is 15.6. The molecule has 0 fully saturated rings. The number of benzene rings is 1. The molecule has 0 amide bonds. The van der Waals surface area contributed by atoms with Crippen molar-refractivity contribution in [3.05, 3.63) is 40.9 Å². The van der Waals surface area contributed by atoms with Crippen LogP contribution >= 0.6 is 11.3 Å². The maximum Gasteiger partial charge on any atom is 0.187 e. The second kappa shape index (κ2) is 5.72. The molecule has 0 radical (unpaired) electrons. The Bertz CT molecular complexity index is 1150. The third-order valence-corrected chi connectivity index (χ3v) is 6.63. The zero-order valence-corrected chi connectivity index (χ0v) is 14.9. The number of thiophene rings is 1. The van der Waals surface area contributed by atoms with E-state index < -0.39 is 11.1 Å². The number of nitrogens with one attached hydrogen (secondary N) is 1. The Morgan fingerprint density at radius 3 is 2.84 bits per heavy atom. The van der Waals surface area contributed by atoms with Crippen molar-refractivity contribution in [2.24, 2.45) is 0 Å². The van der Waals surface area contributed by atoms with Crippen molar-refractivity contribution in [3.8, 4) is 10.6 Å². The first kappa shape index (κ1) is 15.2. The van der Waals surface area contributed by atoms with E-state index in [0.29, 0.717) is 4.90 Å². The van der Waals surface area contributed by atoms with Gasteiger partial charge < -0.3 is 4.55 Å². The summed E-state index contributed by atoms with van der Waals surface area (Å²) in [4.78, 5) is 6.35. The molecule has 0 saturated heterocycles. The Morgan fingerprint density at radius 1 is 1.20 bits per heavy atom. The first-order chi connectivity index (χ1) is 12.2. The Labute approximate surface area is 150 Å². The molecule has 0 bridgehead atoms. The molecule has 0 spiro atoms. The van der Waals surface area contributed by atoms with E-state index in [1.165, 1.54) is 34.3 Å². The lowest BCUT2D eigenvalue weighted by Gasteiger charge is -2.21. The number of nitrogens with zero attached hydrogens (tertiary/aromatic N) is 2. The molecule has 5 nitrogen and oxygen atoms in total. The van der Waals surface area contributed by atoms with Crippen molar-refractivity contribution in [2.45, 2.75) is 30.6 Å². The third kappa shape index (κ3) is 2.34. The number of aryl methyl sites for hydroxylation is 1. The number of hydrogen-bond donors (Lipinski definition) is 2. The van der Waals surface area contributed by atoms with Gasteiger partial charge in [-0.15, -0.1) is 11.3 Å². The second-order valence-electron chi connectivity index (χ2n) is 6.31. The van der Waals surface area contributed by atoms with Crippen molar-refractivity contribution in [1.29, 1.82) is 0 Å². The largest absolute Gasteiger partial charge is 0.302 e. The highest BCUT2D eigenvalue weighted by atomic mass is 32.2. The van der Waals surface area contributed by atoms with Crippen molar-refractivity contribution in [2.75, 3.05) is 0 Å². The van der Waals surface area contributed by atoms with Crippen LogP contribution in [0.15, 0.2) is 34.7 Å². The summed E-state index contributed by atoms with van der Waals surface area (Å²) in [7, 11) is 0. The number of aromatic amines is 1. The molecule has 126 valence electrons. The Balaban J connectivity index is 1.84. The van der Waals surface area contributed by atoms with Crippen LogP contribution in [0.4, 0.5) is 0 Å². The summed E-state index contributed by atoms with van der Waals surface area (Å²) in [5.74, 6) is 0. The quantitative estimate of drug-likeness (QED) is 0.516. The van der Waals surface area contributed by atoms with E-state index in [1.54, 1.807) is 11.4 Å². The summed E-state index contributed by atoms with van der Waals surface area (Å²) < 4.78 is 20.7. The average molecular weight is 369 g/mol. The van der Waals surface area contributed by atoms with Crippen LogP contribution in [-0.4, -0.2) is 23.9 Å². The highest BCUT2D eigenvalue weighted by molar-refractivity contribution is 7.79. The highest BCUT2D eigenvalue weighted by Gasteiger charge is 2.22. The summed E-state index contributed by atoms with van der Waals surface area (Å²) in [5, 5.41) is 11.3. The van der Waals surface area contributed by atoms with E-state index in [1.807, 2.05) is 18.3 Å². The number of pyridine rings is 1. The van der Waals surface area contributed by atoms with Crippen LogP contribution in [0.25, 0.3) is 32.4 Å². The second-order valence-corrected chi connectivity index (χ2v) is 8.19. The standard InChI is InChI=1S/C18H15N3O2S2/c22-25(23)10-7-16(24-9-10)18-12-4-2-1-3-11(12)17-13-8-19-21-14(13)5-6-15(17)20-18/h5-9H,1-4H2,(H,19,21)(H,22,23). The molecule has 0 saturated carbocycles. The molecule has 3 aromatic heterocycles. The minimum absolute atomic E-state index is 0.441. The highest BCUT2D eigenvalue weighted by Crippen LogP contribution is 2.39. The van der Waals surface area contributed by atoms with Crippen LogP contribution in [0.5, 0.6) is 0 Å². The summed E-state index contributed by atoms with van der Waals surface area (Å²) in [6, 6.07) is 5.84. The number of rotatable bonds is 2. The van der Waals surface area contributed by atoms with E-state index in [-0.39, 0.29) is 0 Å². The van der Waals surface area contributed by atoms with Crippen LogP contribution < -0.4 is 0 Å². The van der Waals surface area contributed by atoms with Gasteiger partial charge in [-0.2, -0.15) is 5.10 Å². The number of H-pyrrole nitrogens is 1. The van der Waals surface area contributed by atoms with Gasteiger partial charge in [0.2, 0.25) is 0 Å². The lowest BCUT2D eigenvalue weighted by atomic mass is 9.86. The van der Waals surface area contributed by atoms with Crippen LogP contribution in [0.2, 0.25) is 0 Å². The van der Waals surface area contributed by atoms with Gasteiger partial charge in [-0.25, -0.2) is 9.19 Å². The predicted octanol–water partition coefficient (Wildman–Crippen LogP) is 4.30. The van der Waals surface area contributed by atoms with Gasteiger partial charge in [0, 0.05) is 16.2 Å². The van der Waals surface area contributed by atoms with Crippen LogP contribution in [0.1, 0.15) is 24.0 Å². The predicted molar refractivity (Wildman–Crippen MR) is 100 cm³/mol. The first-order valence-corrected chi connectivity index (χ1v) is 10.2. The van der Waals surface area contributed by atoms with Gasteiger partial charge in [-0.05, 0) is 55.0 Å². The SMILES string of the molecule is O=S(O)c1csc(-c2nc3ccc4[nH]ncc4c3c3c2CCCC3)c1. The molecule has 5 rings (SSSR count). The van der Waals surface area contributed by atoms with E-state index >= 15 is 0 Å². The lowest BCUT2D eigenvalue weighted by molar-refractivity contribution is 0.565. The molecule has 1 atom stereocenters. The van der Waals surface area contributed by atoms with Gasteiger partial charge in [-0.1, -0.05) is 0 Å². The van der Waals surface area contributed by atoms with E-state index in [9.17, 15) is 8.76 Å². The molecule has 25 heavy (non-hydrogen) atoms. The van der Waals surface area contributed by atoms with Crippen molar-refractivity contribution in [1.82, 2.24) is 15.2 Å². The Morgan fingerprint density at radius 2 is 2.04 bits per heavy atom. The lowest BCUT2D eigenvalue weighted by Crippen LogP contribution is -2.07. The van der Waals surface area contributed by atoms with Gasteiger partial charge in [0.15, 0.2) is 11.1 Å². The maximum atomic E-state index is 11.4. The average Bonchev–Trinajstić information content (AvgIpc) is 3.30. The smallest absolute Gasteiger partial charge is 0.187 e. The number of aromatic nitrogens is 3. The Kier molecular flexibility index (Phi) is 3.48. The minimum atomic E-state index is -1.95. The van der Waals surface area contributed by atoms with E-state index in [2.05, 4.69) is 10.2 Å². The molecule has 1 aliphatic rings. The van der Waals surface area contributed by atoms with Gasteiger partial charge in [0.05, 0.1) is 32.7 Å². The Hall–Kier alpha value is -2.09. The topological polar surface area (TPSA) is 78.9 Å². The third-order valence-electron chi connectivity index (χ3n) is 4.90. The molecular formula is C18H15N3O2S2. The summed E-state index contributed by atoms with van der Waals surface area (Å²) in [5.41, 5.74) is 5.60. The number of fused-ring (bicyclic) bond motifs is 5. The summed E-state index contributed by atoms with van der Waals surface area (Å²) in [6.45, 7) is 0. The van der Waals surface area contributed by atoms with E-state index in [0.717, 1.165) is 46.3 Å². The van der Waals surface area contributed by atoms with Gasteiger partial charge >= 0.3 is 0 Å².